The van der Waals surface area contributed by atoms with Crippen LogP contribution in [0.1, 0.15) is 44.7 Å². The van der Waals surface area contributed by atoms with Gasteiger partial charge in [0.2, 0.25) is 0 Å². The van der Waals surface area contributed by atoms with Gasteiger partial charge in [0.1, 0.15) is 0 Å². The van der Waals surface area contributed by atoms with Crippen molar-refractivity contribution in [2.75, 3.05) is 19.6 Å². The summed E-state index contributed by atoms with van der Waals surface area (Å²) < 4.78 is 27.3. The standard InChI is InChI=1S/C16H24F2N2/c1-3-10-20(11-13-6-5-9-19-13)12(2)14-7-4-8-15(17)16(14)18/h4,7-8,12-13,19H,3,5-6,9-11H2,1-2H3. The summed E-state index contributed by atoms with van der Waals surface area (Å²) in [6, 6.07) is 4.82. The van der Waals surface area contributed by atoms with E-state index in [-0.39, 0.29) is 6.04 Å². The molecular weight excluding hydrogens is 258 g/mol. The molecule has 1 fully saturated rings. The van der Waals surface area contributed by atoms with Crippen LogP contribution in [0.15, 0.2) is 18.2 Å². The quantitative estimate of drug-likeness (QED) is 0.859. The lowest BCUT2D eigenvalue weighted by Gasteiger charge is -2.31. The summed E-state index contributed by atoms with van der Waals surface area (Å²) in [6.07, 6.45) is 3.37. The van der Waals surface area contributed by atoms with E-state index in [9.17, 15) is 8.78 Å². The minimum atomic E-state index is -0.759. The number of hydrogen-bond acceptors (Lipinski definition) is 2. The van der Waals surface area contributed by atoms with Crippen molar-refractivity contribution in [3.63, 3.8) is 0 Å². The number of benzene rings is 1. The van der Waals surface area contributed by atoms with Crippen molar-refractivity contribution in [3.05, 3.63) is 35.4 Å². The Morgan fingerprint density at radius 2 is 2.20 bits per heavy atom. The fraction of sp³-hybridized carbons (Fsp3) is 0.625. The van der Waals surface area contributed by atoms with E-state index < -0.39 is 11.6 Å². The van der Waals surface area contributed by atoms with Crippen LogP contribution in [0.4, 0.5) is 8.78 Å². The van der Waals surface area contributed by atoms with Crippen LogP contribution in [0.25, 0.3) is 0 Å². The molecule has 4 heteroatoms. The maximum atomic E-state index is 13.9. The van der Waals surface area contributed by atoms with Gasteiger partial charge >= 0.3 is 0 Å². The molecule has 1 aromatic rings. The van der Waals surface area contributed by atoms with Gasteiger partial charge in [0.25, 0.3) is 0 Å². The zero-order valence-corrected chi connectivity index (χ0v) is 12.3. The maximum Gasteiger partial charge on any atom is 0.163 e. The third kappa shape index (κ3) is 3.55. The molecule has 112 valence electrons. The number of rotatable bonds is 6. The molecule has 1 aliphatic rings. The van der Waals surface area contributed by atoms with Gasteiger partial charge in [-0.3, -0.25) is 4.90 Å². The van der Waals surface area contributed by atoms with Crippen LogP contribution in [0.5, 0.6) is 0 Å². The summed E-state index contributed by atoms with van der Waals surface area (Å²) in [5, 5.41) is 3.47. The summed E-state index contributed by atoms with van der Waals surface area (Å²) in [5.41, 5.74) is 0.455. The van der Waals surface area contributed by atoms with Crippen LogP contribution in [0, 0.1) is 11.6 Å². The van der Waals surface area contributed by atoms with Gasteiger partial charge in [0.05, 0.1) is 0 Å². The Labute approximate surface area is 120 Å². The van der Waals surface area contributed by atoms with E-state index in [0.29, 0.717) is 11.6 Å². The lowest BCUT2D eigenvalue weighted by molar-refractivity contribution is 0.188. The molecule has 2 nitrogen and oxygen atoms in total. The Kier molecular flexibility index (Phi) is 5.49. The average Bonchev–Trinajstić information content (AvgIpc) is 2.94. The predicted molar refractivity (Wildman–Crippen MR) is 77.7 cm³/mol. The second kappa shape index (κ2) is 7.14. The smallest absolute Gasteiger partial charge is 0.163 e. The average molecular weight is 282 g/mol. The van der Waals surface area contributed by atoms with E-state index in [4.69, 9.17) is 0 Å². The Bertz CT molecular complexity index is 430. The SMILES string of the molecule is CCCN(CC1CCCN1)C(C)c1cccc(F)c1F. The van der Waals surface area contributed by atoms with Crippen LogP contribution >= 0.6 is 0 Å². The number of nitrogens with one attached hydrogen (secondary N) is 1. The van der Waals surface area contributed by atoms with E-state index in [0.717, 1.165) is 26.1 Å². The highest BCUT2D eigenvalue weighted by Gasteiger charge is 2.24. The van der Waals surface area contributed by atoms with Gasteiger partial charge in [-0.05, 0) is 45.3 Å². The van der Waals surface area contributed by atoms with Crippen LogP contribution in [0.2, 0.25) is 0 Å². The first-order valence-corrected chi connectivity index (χ1v) is 7.54. The maximum absolute atomic E-state index is 13.9. The lowest BCUT2D eigenvalue weighted by atomic mass is 10.0. The molecule has 0 saturated carbocycles. The van der Waals surface area contributed by atoms with Gasteiger partial charge in [-0.2, -0.15) is 0 Å². The third-order valence-electron chi connectivity index (χ3n) is 4.11. The third-order valence-corrected chi connectivity index (χ3v) is 4.11. The molecule has 0 amide bonds. The fourth-order valence-electron chi connectivity index (χ4n) is 2.97. The zero-order chi connectivity index (χ0) is 14.5. The summed E-state index contributed by atoms with van der Waals surface area (Å²) >= 11 is 0. The van der Waals surface area contributed by atoms with Crippen molar-refractivity contribution in [2.45, 2.75) is 45.2 Å². The highest BCUT2D eigenvalue weighted by atomic mass is 19.2. The second-order valence-corrected chi connectivity index (χ2v) is 5.61. The molecule has 1 aromatic carbocycles. The number of hydrogen-bond donors (Lipinski definition) is 1. The van der Waals surface area contributed by atoms with Crippen molar-refractivity contribution in [1.29, 1.82) is 0 Å². The second-order valence-electron chi connectivity index (χ2n) is 5.61. The molecular formula is C16H24F2N2. The lowest BCUT2D eigenvalue weighted by Crippen LogP contribution is -2.39. The van der Waals surface area contributed by atoms with Gasteiger partial charge in [-0.1, -0.05) is 19.1 Å². The molecule has 0 bridgehead atoms. The van der Waals surface area contributed by atoms with E-state index in [1.165, 1.54) is 18.9 Å². The number of halogens is 2. The van der Waals surface area contributed by atoms with Gasteiger partial charge in [-0.25, -0.2) is 8.78 Å². The van der Waals surface area contributed by atoms with Crippen molar-refractivity contribution >= 4 is 0 Å². The summed E-state index contributed by atoms with van der Waals surface area (Å²) in [7, 11) is 0. The molecule has 2 unspecified atom stereocenters. The Morgan fingerprint density at radius 1 is 1.40 bits per heavy atom. The van der Waals surface area contributed by atoms with Crippen molar-refractivity contribution in [3.8, 4) is 0 Å². The van der Waals surface area contributed by atoms with E-state index >= 15 is 0 Å². The normalized spacial score (nSPS) is 20.6. The van der Waals surface area contributed by atoms with Crippen LogP contribution in [-0.2, 0) is 0 Å². The molecule has 1 N–H and O–H groups in total. The molecule has 2 atom stereocenters. The van der Waals surface area contributed by atoms with Crippen molar-refractivity contribution in [1.82, 2.24) is 10.2 Å². The van der Waals surface area contributed by atoms with E-state index in [1.807, 2.05) is 6.92 Å². The topological polar surface area (TPSA) is 15.3 Å². The zero-order valence-electron chi connectivity index (χ0n) is 12.3. The van der Waals surface area contributed by atoms with Crippen molar-refractivity contribution < 1.29 is 8.78 Å². The van der Waals surface area contributed by atoms with Crippen LogP contribution in [-0.4, -0.2) is 30.6 Å². The molecule has 0 radical (unpaired) electrons. The summed E-state index contributed by atoms with van der Waals surface area (Å²) in [4.78, 5) is 2.25. The monoisotopic (exact) mass is 282 g/mol. The predicted octanol–water partition coefficient (Wildman–Crippen LogP) is 3.49. The first-order chi connectivity index (χ1) is 9.63. The Morgan fingerprint density at radius 3 is 2.85 bits per heavy atom. The Balaban J connectivity index is 2.12. The molecule has 0 aliphatic carbocycles. The molecule has 1 heterocycles. The molecule has 20 heavy (non-hydrogen) atoms. The highest BCUT2D eigenvalue weighted by Crippen LogP contribution is 2.25. The first kappa shape index (κ1) is 15.4. The van der Waals surface area contributed by atoms with Gasteiger partial charge < -0.3 is 5.32 Å². The van der Waals surface area contributed by atoms with Crippen molar-refractivity contribution in [2.24, 2.45) is 0 Å². The van der Waals surface area contributed by atoms with Crippen LogP contribution in [0.3, 0.4) is 0 Å². The number of nitrogens with zero attached hydrogens (tertiary/aromatic N) is 1. The largest absolute Gasteiger partial charge is 0.313 e. The molecule has 0 aromatic heterocycles. The summed E-state index contributed by atoms with van der Waals surface area (Å²) in [6.45, 7) is 6.93. The fourth-order valence-corrected chi connectivity index (χ4v) is 2.97. The van der Waals surface area contributed by atoms with Gasteiger partial charge in [0, 0.05) is 24.2 Å². The van der Waals surface area contributed by atoms with E-state index in [2.05, 4.69) is 17.1 Å². The minimum Gasteiger partial charge on any atom is -0.313 e. The van der Waals surface area contributed by atoms with E-state index in [1.54, 1.807) is 12.1 Å². The molecule has 2 rings (SSSR count). The Hall–Kier alpha value is -1.00. The highest BCUT2D eigenvalue weighted by molar-refractivity contribution is 5.22. The van der Waals surface area contributed by atoms with Gasteiger partial charge in [-0.15, -0.1) is 0 Å². The van der Waals surface area contributed by atoms with Gasteiger partial charge in [0.15, 0.2) is 11.6 Å². The molecule has 1 aliphatic heterocycles. The minimum absolute atomic E-state index is 0.104. The van der Waals surface area contributed by atoms with Crippen LogP contribution < -0.4 is 5.32 Å². The first-order valence-electron chi connectivity index (χ1n) is 7.54. The molecule has 0 spiro atoms. The summed E-state index contributed by atoms with van der Waals surface area (Å²) in [5.74, 6) is -1.47. The molecule has 1 saturated heterocycles.